The molecule has 2 N–H and O–H groups in total. The summed E-state index contributed by atoms with van der Waals surface area (Å²) in [7, 11) is 3.33. The van der Waals surface area contributed by atoms with Crippen molar-refractivity contribution in [2.24, 2.45) is 0 Å². The van der Waals surface area contributed by atoms with Gasteiger partial charge in [-0.1, -0.05) is 24.3 Å². The molecule has 2 aromatic rings. The van der Waals surface area contributed by atoms with Crippen LogP contribution in [0.3, 0.4) is 0 Å². The van der Waals surface area contributed by atoms with Crippen LogP contribution >= 0.6 is 0 Å². The Labute approximate surface area is 153 Å². The lowest BCUT2D eigenvalue weighted by Gasteiger charge is -2.43. The molecule has 26 heavy (non-hydrogen) atoms. The Morgan fingerprint density at radius 1 is 0.692 bits per heavy atom. The second-order valence-electron chi connectivity index (χ2n) is 6.52. The molecule has 0 spiro atoms. The Kier molecular flexibility index (Phi) is 5.08. The summed E-state index contributed by atoms with van der Waals surface area (Å²) in [6.45, 7) is 1.26. The van der Waals surface area contributed by atoms with Gasteiger partial charge in [-0.15, -0.1) is 0 Å². The smallest absolute Gasteiger partial charge is 0.134 e. The van der Waals surface area contributed by atoms with E-state index in [1.807, 2.05) is 48.5 Å². The fraction of sp³-hybridized carbons (Fsp3) is 0.400. The standard InChI is InChI=1S/C20H24N2O4/c1-23-15-7-3-13(4-8-15)19-21-17-12-26-20(22-18(17)11-25-19)14-5-9-16(24-2)10-6-14/h3-10,17-22H,11-12H2,1-2H3/t17-,18-,19-,20-/m0/s1. The molecule has 2 heterocycles. The largest absolute Gasteiger partial charge is 0.497 e. The number of ether oxygens (including phenoxy) is 4. The molecule has 2 aromatic carbocycles. The van der Waals surface area contributed by atoms with Gasteiger partial charge in [-0.3, -0.25) is 10.6 Å². The van der Waals surface area contributed by atoms with E-state index in [1.54, 1.807) is 14.2 Å². The Bertz CT molecular complexity index is 656. The van der Waals surface area contributed by atoms with Crippen molar-refractivity contribution in [2.75, 3.05) is 27.4 Å². The molecule has 4 atom stereocenters. The van der Waals surface area contributed by atoms with Gasteiger partial charge in [-0.05, 0) is 35.4 Å². The monoisotopic (exact) mass is 356 g/mol. The fourth-order valence-corrected chi connectivity index (χ4v) is 3.39. The minimum absolute atomic E-state index is 0.134. The van der Waals surface area contributed by atoms with Crippen LogP contribution in [0.5, 0.6) is 11.5 Å². The molecule has 4 rings (SSSR count). The van der Waals surface area contributed by atoms with Crippen molar-refractivity contribution in [3.63, 3.8) is 0 Å². The molecule has 0 bridgehead atoms. The maximum Gasteiger partial charge on any atom is 0.134 e. The van der Waals surface area contributed by atoms with E-state index in [2.05, 4.69) is 10.6 Å². The number of nitrogens with one attached hydrogen (secondary N) is 2. The van der Waals surface area contributed by atoms with Gasteiger partial charge in [0.2, 0.25) is 0 Å². The first kappa shape index (κ1) is 17.3. The molecule has 2 fully saturated rings. The summed E-state index contributed by atoms with van der Waals surface area (Å²) in [5, 5.41) is 7.06. The molecular weight excluding hydrogens is 332 g/mol. The highest BCUT2D eigenvalue weighted by Gasteiger charge is 2.37. The highest BCUT2D eigenvalue weighted by molar-refractivity contribution is 5.30. The summed E-state index contributed by atoms with van der Waals surface area (Å²) in [5.74, 6) is 1.68. The molecule has 6 heteroatoms. The van der Waals surface area contributed by atoms with Gasteiger partial charge in [-0.25, -0.2) is 0 Å². The quantitative estimate of drug-likeness (QED) is 0.877. The molecule has 138 valence electrons. The van der Waals surface area contributed by atoms with E-state index in [-0.39, 0.29) is 24.5 Å². The van der Waals surface area contributed by atoms with Gasteiger partial charge >= 0.3 is 0 Å². The van der Waals surface area contributed by atoms with Gasteiger partial charge in [0.1, 0.15) is 24.0 Å². The highest BCUT2D eigenvalue weighted by atomic mass is 16.5. The summed E-state index contributed by atoms with van der Waals surface area (Å²) in [4.78, 5) is 0. The van der Waals surface area contributed by atoms with Crippen LogP contribution in [0, 0.1) is 0 Å². The van der Waals surface area contributed by atoms with Crippen LogP contribution in [0.15, 0.2) is 48.5 Å². The van der Waals surface area contributed by atoms with Gasteiger partial charge in [0, 0.05) is 0 Å². The van der Waals surface area contributed by atoms with Crippen molar-refractivity contribution < 1.29 is 18.9 Å². The van der Waals surface area contributed by atoms with Crippen LogP contribution in [0.1, 0.15) is 23.6 Å². The molecule has 0 unspecified atom stereocenters. The lowest BCUT2D eigenvalue weighted by atomic mass is 10.0. The van der Waals surface area contributed by atoms with Crippen molar-refractivity contribution in [2.45, 2.75) is 24.5 Å². The second-order valence-corrected chi connectivity index (χ2v) is 6.52. The van der Waals surface area contributed by atoms with Crippen LogP contribution in [-0.2, 0) is 9.47 Å². The average molecular weight is 356 g/mol. The predicted molar refractivity (Wildman–Crippen MR) is 97.2 cm³/mol. The number of fused-ring (bicyclic) bond motifs is 1. The maximum atomic E-state index is 6.04. The molecule has 2 aliphatic heterocycles. The lowest BCUT2D eigenvalue weighted by Crippen LogP contribution is -2.62. The Balaban J connectivity index is 1.38. The minimum Gasteiger partial charge on any atom is -0.497 e. The fourth-order valence-electron chi connectivity index (χ4n) is 3.39. The van der Waals surface area contributed by atoms with Crippen LogP contribution in [0.25, 0.3) is 0 Å². The Hall–Kier alpha value is -2.12. The first-order valence-corrected chi connectivity index (χ1v) is 8.80. The molecule has 2 aliphatic rings. The second kappa shape index (κ2) is 7.63. The van der Waals surface area contributed by atoms with E-state index < -0.39 is 0 Å². The zero-order chi connectivity index (χ0) is 17.9. The van der Waals surface area contributed by atoms with Crippen LogP contribution in [0.4, 0.5) is 0 Å². The number of benzene rings is 2. The Morgan fingerprint density at radius 3 is 1.42 bits per heavy atom. The lowest BCUT2D eigenvalue weighted by molar-refractivity contribution is -0.115. The van der Waals surface area contributed by atoms with Crippen molar-refractivity contribution in [1.82, 2.24) is 10.6 Å². The van der Waals surface area contributed by atoms with Gasteiger partial charge < -0.3 is 18.9 Å². The summed E-state index contributed by atoms with van der Waals surface area (Å²) in [5.41, 5.74) is 2.17. The Morgan fingerprint density at radius 2 is 1.08 bits per heavy atom. The van der Waals surface area contributed by atoms with E-state index >= 15 is 0 Å². The SMILES string of the molecule is COc1ccc([C@H]2N[C@H]3CO[C@@H](c4ccc(OC)cc4)N[C@H]3CO2)cc1. The first-order chi connectivity index (χ1) is 12.8. The average Bonchev–Trinajstić information content (AvgIpc) is 2.73. The third kappa shape index (κ3) is 3.54. The van der Waals surface area contributed by atoms with E-state index in [0.717, 1.165) is 22.6 Å². The summed E-state index contributed by atoms with van der Waals surface area (Å²) >= 11 is 0. The van der Waals surface area contributed by atoms with E-state index in [0.29, 0.717) is 13.2 Å². The molecule has 0 radical (unpaired) electrons. The number of methoxy groups -OCH3 is 2. The number of rotatable bonds is 4. The van der Waals surface area contributed by atoms with E-state index in [4.69, 9.17) is 18.9 Å². The third-order valence-corrected chi connectivity index (χ3v) is 4.94. The summed E-state index contributed by atoms with van der Waals surface area (Å²) < 4.78 is 22.5. The maximum absolute atomic E-state index is 6.04. The predicted octanol–water partition coefficient (Wildman–Crippen LogP) is 2.38. The van der Waals surface area contributed by atoms with Gasteiger partial charge in [0.25, 0.3) is 0 Å². The zero-order valence-electron chi connectivity index (χ0n) is 15.0. The van der Waals surface area contributed by atoms with E-state index in [1.165, 1.54) is 0 Å². The highest BCUT2D eigenvalue weighted by Crippen LogP contribution is 2.28. The number of hydrogen-bond acceptors (Lipinski definition) is 6. The molecule has 0 aromatic heterocycles. The topological polar surface area (TPSA) is 61.0 Å². The van der Waals surface area contributed by atoms with Crippen LogP contribution in [-0.4, -0.2) is 39.5 Å². The van der Waals surface area contributed by atoms with Gasteiger partial charge in [0.15, 0.2) is 0 Å². The summed E-state index contributed by atoms with van der Waals surface area (Å²) in [6, 6.07) is 16.3. The molecule has 0 amide bonds. The van der Waals surface area contributed by atoms with Crippen LogP contribution < -0.4 is 20.1 Å². The normalized spacial score (nSPS) is 28.2. The van der Waals surface area contributed by atoms with Gasteiger partial charge in [-0.2, -0.15) is 0 Å². The first-order valence-electron chi connectivity index (χ1n) is 8.80. The van der Waals surface area contributed by atoms with E-state index in [9.17, 15) is 0 Å². The van der Waals surface area contributed by atoms with Crippen LogP contribution in [0.2, 0.25) is 0 Å². The van der Waals surface area contributed by atoms with Crippen molar-refractivity contribution in [3.8, 4) is 11.5 Å². The third-order valence-electron chi connectivity index (χ3n) is 4.94. The molecule has 2 saturated heterocycles. The number of hydrogen-bond donors (Lipinski definition) is 2. The molecule has 0 saturated carbocycles. The summed E-state index contributed by atoms with van der Waals surface area (Å²) in [6.07, 6.45) is -0.268. The van der Waals surface area contributed by atoms with Crippen molar-refractivity contribution in [3.05, 3.63) is 59.7 Å². The minimum atomic E-state index is -0.134. The van der Waals surface area contributed by atoms with Crippen molar-refractivity contribution >= 4 is 0 Å². The molecule has 0 aliphatic carbocycles. The zero-order valence-corrected chi connectivity index (χ0v) is 15.0. The molecule has 6 nitrogen and oxygen atoms in total. The molecular formula is C20H24N2O4. The van der Waals surface area contributed by atoms with Crippen molar-refractivity contribution in [1.29, 1.82) is 0 Å². The van der Waals surface area contributed by atoms with Gasteiger partial charge in [0.05, 0.1) is 39.5 Å².